The fraction of sp³-hybridized carbons (Fsp3) is 0.455. The van der Waals surface area contributed by atoms with Crippen LogP contribution in [0.1, 0.15) is 19.8 Å². The van der Waals surface area contributed by atoms with E-state index in [0.29, 0.717) is 6.54 Å². The first-order valence-electron chi connectivity index (χ1n) is 5.88. The standard InChI is InChI=1S/C11H16N2O4S2/c1-9-5-4-8-13(9)19(16,17)11-7-3-2-6-10(11)18(12,14)15/h2-3,6-7,9H,4-5,8H2,1H3,(H2,12,14,15). The summed E-state index contributed by atoms with van der Waals surface area (Å²) >= 11 is 0. The lowest BCUT2D eigenvalue weighted by Gasteiger charge is -2.22. The zero-order chi connectivity index (χ0) is 14.3. The predicted octanol–water partition coefficient (Wildman–Crippen LogP) is 0.507. The van der Waals surface area contributed by atoms with Crippen LogP contribution in [0.4, 0.5) is 0 Å². The maximum Gasteiger partial charge on any atom is 0.244 e. The van der Waals surface area contributed by atoms with Crippen LogP contribution in [0.3, 0.4) is 0 Å². The molecule has 0 aromatic heterocycles. The largest absolute Gasteiger partial charge is 0.244 e. The van der Waals surface area contributed by atoms with E-state index in [1.807, 2.05) is 6.92 Å². The van der Waals surface area contributed by atoms with E-state index in [4.69, 9.17) is 5.14 Å². The number of hydrogen-bond acceptors (Lipinski definition) is 4. The lowest BCUT2D eigenvalue weighted by atomic mass is 10.3. The summed E-state index contributed by atoms with van der Waals surface area (Å²) in [6, 6.07) is 5.30. The molecule has 0 amide bonds. The second-order valence-corrected chi connectivity index (χ2v) is 7.99. The fourth-order valence-corrected chi connectivity index (χ4v) is 5.34. The molecular weight excluding hydrogens is 288 g/mol. The van der Waals surface area contributed by atoms with Crippen LogP contribution in [0.25, 0.3) is 0 Å². The minimum atomic E-state index is -4.07. The van der Waals surface area contributed by atoms with Gasteiger partial charge in [0.15, 0.2) is 0 Å². The van der Waals surface area contributed by atoms with Gasteiger partial charge >= 0.3 is 0 Å². The van der Waals surface area contributed by atoms with Crippen LogP contribution in [-0.2, 0) is 20.0 Å². The molecule has 0 bridgehead atoms. The molecule has 0 radical (unpaired) electrons. The summed E-state index contributed by atoms with van der Waals surface area (Å²) < 4.78 is 49.4. The van der Waals surface area contributed by atoms with Crippen LogP contribution in [-0.4, -0.2) is 33.7 Å². The molecule has 0 saturated carbocycles. The highest BCUT2D eigenvalue weighted by Crippen LogP contribution is 2.28. The number of hydrogen-bond donors (Lipinski definition) is 1. The van der Waals surface area contributed by atoms with E-state index >= 15 is 0 Å². The molecule has 0 aliphatic carbocycles. The van der Waals surface area contributed by atoms with Crippen molar-refractivity contribution >= 4 is 20.0 Å². The highest BCUT2D eigenvalue weighted by molar-refractivity contribution is 7.92. The van der Waals surface area contributed by atoms with E-state index < -0.39 is 20.0 Å². The van der Waals surface area contributed by atoms with Gasteiger partial charge in [0.2, 0.25) is 20.0 Å². The van der Waals surface area contributed by atoms with E-state index in [9.17, 15) is 16.8 Å². The third kappa shape index (κ3) is 2.66. The van der Waals surface area contributed by atoms with Gasteiger partial charge in [-0.3, -0.25) is 0 Å². The van der Waals surface area contributed by atoms with E-state index in [0.717, 1.165) is 12.8 Å². The molecule has 1 aromatic carbocycles. The summed E-state index contributed by atoms with van der Waals surface area (Å²) in [7, 11) is -7.90. The number of sulfonamides is 2. The van der Waals surface area contributed by atoms with Gasteiger partial charge in [-0.25, -0.2) is 22.0 Å². The molecule has 0 spiro atoms. The fourth-order valence-electron chi connectivity index (χ4n) is 2.29. The van der Waals surface area contributed by atoms with Crippen molar-refractivity contribution in [3.8, 4) is 0 Å². The maximum absolute atomic E-state index is 12.5. The van der Waals surface area contributed by atoms with Gasteiger partial charge in [0, 0.05) is 12.6 Å². The van der Waals surface area contributed by atoms with Crippen LogP contribution < -0.4 is 5.14 Å². The first-order valence-corrected chi connectivity index (χ1v) is 8.87. The molecule has 1 heterocycles. The van der Waals surface area contributed by atoms with Crippen LogP contribution in [0.15, 0.2) is 34.1 Å². The SMILES string of the molecule is CC1CCCN1S(=O)(=O)c1ccccc1S(N)(=O)=O. The Kier molecular flexibility index (Phi) is 3.69. The minimum absolute atomic E-state index is 0.126. The summed E-state index contributed by atoms with van der Waals surface area (Å²) in [4.78, 5) is -0.597. The van der Waals surface area contributed by atoms with Gasteiger partial charge in [0.25, 0.3) is 0 Å². The first-order chi connectivity index (χ1) is 8.74. The zero-order valence-corrected chi connectivity index (χ0v) is 12.1. The Balaban J connectivity index is 2.59. The molecule has 19 heavy (non-hydrogen) atoms. The van der Waals surface area contributed by atoms with Crippen molar-refractivity contribution in [2.75, 3.05) is 6.54 Å². The molecule has 1 saturated heterocycles. The molecule has 2 rings (SSSR count). The smallest absolute Gasteiger partial charge is 0.225 e. The minimum Gasteiger partial charge on any atom is -0.225 e. The van der Waals surface area contributed by atoms with Crippen LogP contribution in [0, 0.1) is 0 Å². The maximum atomic E-state index is 12.5. The molecular formula is C11H16N2O4S2. The Morgan fingerprint density at radius 2 is 1.74 bits per heavy atom. The Labute approximate surface area is 113 Å². The zero-order valence-electron chi connectivity index (χ0n) is 10.5. The molecule has 1 aromatic rings. The lowest BCUT2D eigenvalue weighted by molar-refractivity contribution is 0.407. The van der Waals surface area contributed by atoms with E-state index in [1.165, 1.54) is 28.6 Å². The van der Waals surface area contributed by atoms with Crippen molar-refractivity contribution in [3.63, 3.8) is 0 Å². The van der Waals surface area contributed by atoms with Gasteiger partial charge in [-0.1, -0.05) is 12.1 Å². The summed E-state index contributed by atoms with van der Waals surface area (Å²) in [6.45, 7) is 2.21. The summed E-state index contributed by atoms with van der Waals surface area (Å²) in [5.74, 6) is 0. The topological polar surface area (TPSA) is 97.5 Å². The highest BCUT2D eigenvalue weighted by Gasteiger charge is 2.35. The third-order valence-electron chi connectivity index (χ3n) is 3.23. The first kappa shape index (κ1) is 14.4. The Morgan fingerprint density at radius 1 is 1.16 bits per heavy atom. The summed E-state index contributed by atoms with van der Waals surface area (Å²) in [5, 5.41) is 5.08. The number of benzene rings is 1. The van der Waals surface area contributed by atoms with Gasteiger partial charge in [0.1, 0.15) is 9.79 Å². The molecule has 1 aliphatic rings. The van der Waals surface area contributed by atoms with Crippen molar-refractivity contribution in [1.82, 2.24) is 4.31 Å². The molecule has 1 aliphatic heterocycles. The Morgan fingerprint density at radius 3 is 2.21 bits per heavy atom. The highest BCUT2D eigenvalue weighted by atomic mass is 32.2. The molecule has 6 nitrogen and oxygen atoms in total. The summed E-state index contributed by atoms with van der Waals surface area (Å²) in [6.07, 6.45) is 1.55. The normalized spacial score (nSPS) is 21.7. The van der Waals surface area contributed by atoms with Crippen molar-refractivity contribution in [3.05, 3.63) is 24.3 Å². The summed E-state index contributed by atoms with van der Waals surface area (Å²) in [5.41, 5.74) is 0. The van der Waals surface area contributed by atoms with Crippen LogP contribution in [0.2, 0.25) is 0 Å². The average Bonchev–Trinajstić information content (AvgIpc) is 2.75. The second kappa shape index (κ2) is 4.86. The van der Waals surface area contributed by atoms with Crippen molar-refractivity contribution < 1.29 is 16.8 Å². The third-order valence-corrected chi connectivity index (χ3v) is 6.40. The van der Waals surface area contributed by atoms with E-state index in [2.05, 4.69) is 0 Å². The Hall–Kier alpha value is -0.960. The number of nitrogens with zero attached hydrogens (tertiary/aromatic N) is 1. The quantitative estimate of drug-likeness (QED) is 0.879. The predicted molar refractivity (Wildman–Crippen MR) is 70.4 cm³/mol. The van der Waals surface area contributed by atoms with Crippen molar-refractivity contribution in [2.24, 2.45) is 5.14 Å². The molecule has 8 heteroatoms. The van der Waals surface area contributed by atoms with E-state index in [-0.39, 0.29) is 15.8 Å². The number of primary sulfonamides is 1. The average molecular weight is 304 g/mol. The van der Waals surface area contributed by atoms with Crippen molar-refractivity contribution in [2.45, 2.75) is 35.6 Å². The molecule has 2 N–H and O–H groups in total. The van der Waals surface area contributed by atoms with Gasteiger partial charge in [-0.15, -0.1) is 0 Å². The number of nitrogens with two attached hydrogens (primary N) is 1. The van der Waals surface area contributed by atoms with Crippen LogP contribution in [0.5, 0.6) is 0 Å². The Bertz CT molecular complexity index is 682. The monoisotopic (exact) mass is 304 g/mol. The molecule has 1 unspecified atom stereocenters. The van der Waals surface area contributed by atoms with Gasteiger partial charge in [-0.05, 0) is 31.9 Å². The van der Waals surface area contributed by atoms with Gasteiger partial charge in [0.05, 0.1) is 0 Å². The van der Waals surface area contributed by atoms with Crippen molar-refractivity contribution in [1.29, 1.82) is 0 Å². The molecule has 1 atom stereocenters. The van der Waals surface area contributed by atoms with Gasteiger partial charge < -0.3 is 0 Å². The number of rotatable bonds is 3. The van der Waals surface area contributed by atoms with E-state index in [1.54, 1.807) is 0 Å². The molecule has 106 valence electrons. The lowest BCUT2D eigenvalue weighted by Crippen LogP contribution is -2.34. The molecule has 1 fully saturated rings. The van der Waals surface area contributed by atoms with Crippen LogP contribution >= 0.6 is 0 Å². The van der Waals surface area contributed by atoms with Gasteiger partial charge in [-0.2, -0.15) is 4.31 Å². The second-order valence-electron chi connectivity index (χ2n) is 4.60.